The Morgan fingerprint density at radius 1 is 1.33 bits per heavy atom. The Hall–Kier alpha value is -1.99. The van der Waals surface area contributed by atoms with E-state index in [0.29, 0.717) is 31.3 Å². The maximum Gasteiger partial charge on any atom is 0.228 e. The maximum atomic E-state index is 11.9. The molecule has 21 heavy (non-hydrogen) atoms. The lowest BCUT2D eigenvalue weighted by Crippen LogP contribution is -2.37. The summed E-state index contributed by atoms with van der Waals surface area (Å²) in [5.74, 6) is 0.616. The van der Waals surface area contributed by atoms with Crippen LogP contribution in [0.15, 0.2) is 29.2 Å². The number of amides is 1. The number of carbonyl (C=O) groups excluding carboxylic acids is 1. The molecule has 7 heteroatoms. The third-order valence-corrected chi connectivity index (χ3v) is 3.89. The van der Waals surface area contributed by atoms with E-state index in [4.69, 9.17) is 4.74 Å². The number of aromatic nitrogens is 2. The summed E-state index contributed by atoms with van der Waals surface area (Å²) in [7, 11) is 0. The minimum Gasteiger partial charge on any atom is -0.378 e. The summed E-state index contributed by atoms with van der Waals surface area (Å²) >= 11 is 1.59. The quantitative estimate of drug-likeness (QED) is 0.928. The summed E-state index contributed by atoms with van der Waals surface area (Å²) in [6.45, 7) is 2.98. The molecule has 0 saturated carbocycles. The summed E-state index contributed by atoms with van der Waals surface area (Å²) in [4.78, 5) is 22.5. The first-order chi connectivity index (χ1) is 10.3. The van der Waals surface area contributed by atoms with E-state index in [1.807, 2.05) is 16.8 Å². The van der Waals surface area contributed by atoms with Crippen LogP contribution in [0.25, 0.3) is 0 Å². The van der Waals surface area contributed by atoms with Crippen LogP contribution < -0.4 is 10.2 Å². The van der Waals surface area contributed by atoms with Crippen LogP contribution >= 0.6 is 11.3 Å². The summed E-state index contributed by atoms with van der Waals surface area (Å²) in [6, 6.07) is 1.95. The van der Waals surface area contributed by atoms with E-state index in [1.165, 1.54) is 0 Å². The van der Waals surface area contributed by atoms with Crippen LogP contribution in [0.5, 0.6) is 0 Å². The SMILES string of the molecule is O=C(Cc1ccsc1)Nc1cnc(N2CCOCC2)nc1. The highest BCUT2D eigenvalue weighted by atomic mass is 32.1. The molecule has 0 aromatic carbocycles. The van der Waals surface area contributed by atoms with Gasteiger partial charge in [0.15, 0.2) is 0 Å². The van der Waals surface area contributed by atoms with Gasteiger partial charge in [-0.15, -0.1) is 0 Å². The average Bonchev–Trinajstić information content (AvgIpc) is 3.02. The summed E-state index contributed by atoms with van der Waals surface area (Å²) in [6.07, 6.45) is 3.65. The molecule has 1 amide bonds. The molecule has 1 saturated heterocycles. The second-order valence-corrected chi connectivity index (χ2v) is 5.51. The molecular weight excluding hydrogens is 288 g/mol. The fourth-order valence-electron chi connectivity index (χ4n) is 2.10. The first-order valence-corrected chi connectivity index (χ1v) is 7.71. The lowest BCUT2D eigenvalue weighted by molar-refractivity contribution is -0.115. The highest BCUT2D eigenvalue weighted by Gasteiger charge is 2.13. The molecule has 1 fully saturated rings. The Bertz CT molecular complexity index is 580. The van der Waals surface area contributed by atoms with Gasteiger partial charge in [0.25, 0.3) is 0 Å². The molecule has 1 N–H and O–H groups in total. The van der Waals surface area contributed by atoms with Crippen molar-refractivity contribution < 1.29 is 9.53 Å². The van der Waals surface area contributed by atoms with Gasteiger partial charge < -0.3 is 15.0 Å². The van der Waals surface area contributed by atoms with Gasteiger partial charge in [-0.2, -0.15) is 11.3 Å². The molecule has 0 atom stereocenters. The lowest BCUT2D eigenvalue weighted by atomic mass is 10.2. The van der Waals surface area contributed by atoms with Crippen LogP contribution in [-0.2, 0) is 16.0 Å². The van der Waals surface area contributed by atoms with Crippen molar-refractivity contribution >= 4 is 28.9 Å². The monoisotopic (exact) mass is 304 g/mol. The van der Waals surface area contributed by atoms with Crippen molar-refractivity contribution in [2.24, 2.45) is 0 Å². The number of hydrogen-bond donors (Lipinski definition) is 1. The number of morpholine rings is 1. The average molecular weight is 304 g/mol. The summed E-state index contributed by atoms with van der Waals surface area (Å²) in [5, 5.41) is 6.74. The normalized spacial score (nSPS) is 15.0. The number of rotatable bonds is 4. The Morgan fingerprint density at radius 2 is 2.10 bits per heavy atom. The van der Waals surface area contributed by atoms with Gasteiger partial charge in [-0.25, -0.2) is 9.97 Å². The molecule has 1 aliphatic rings. The molecule has 2 aromatic heterocycles. The lowest BCUT2D eigenvalue weighted by Gasteiger charge is -2.26. The van der Waals surface area contributed by atoms with Crippen LogP contribution in [0.4, 0.5) is 11.6 Å². The number of thiophene rings is 1. The highest BCUT2D eigenvalue weighted by Crippen LogP contribution is 2.13. The maximum absolute atomic E-state index is 11.9. The standard InChI is InChI=1S/C14H16N4O2S/c19-13(7-11-1-6-21-10-11)17-12-8-15-14(16-9-12)18-2-4-20-5-3-18/h1,6,8-10H,2-5,7H2,(H,17,19). The van der Waals surface area contributed by atoms with Crippen molar-refractivity contribution in [2.75, 3.05) is 36.5 Å². The molecule has 0 spiro atoms. The molecule has 1 aliphatic heterocycles. The van der Waals surface area contributed by atoms with Crippen LogP contribution in [-0.4, -0.2) is 42.2 Å². The molecule has 0 unspecified atom stereocenters. The van der Waals surface area contributed by atoms with E-state index in [9.17, 15) is 4.79 Å². The third kappa shape index (κ3) is 3.77. The predicted molar refractivity (Wildman–Crippen MR) is 81.7 cm³/mol. The topological polar surface area (TPSA) is 67.4 Å². The van der Waals surface area contributed by atoms with Gasteiger partial charge in [0.1, 0.15) is 0 Å². The summed E-state index contributed by atoms with van der Waals surface area (Å²) < 4.78 is 5.29. The van der Waals surface area contributed by atoms with Crippen molar-refractivity contribution in [1.29, 1.82) is 0 Å². The second kappa shape index (κ2) is 6.64. The number of anilines is 2. The van der Waals surface area contributed by atoms with E-state index >= 15 is 0 Å². The molecule has 3 heterocycles. The zero-order valence-electron chi connectivity index (χ0n) is 11.5. The second-order valence-electron chi connectivity index (χ2n) is 4.73. The molecular formula is C14H16N4O2S. The number of ether oxygens (including phenoxy) is 1. The van der Waals surface area contributed by atoms with E-state index in [1.54, 1.807) is 23.7 Å². The van der Waals surface area contributed by atoms with Crippen molar-refractivity contribution in [3.05, 3.63) is 34.8 Å². The minimum absolute atomic E-state index is 0.0591. The fraction of sp³-hybridized carbons (Fsp3) is 0.357. The Labute approximate surface area is 126 Å². The molecule has 110 valence electrons. The first-order valence-electron chi connectivity index (χ1n) is 6.77. The van der Waals surface area contributed by atoms with Gasteiger partial charge in [-0.3, -0.25) is 4.79 Å². The van der Waals surface area contributed by atoms with Gasteiger partial charge in [0, 0.05) is 13.1 Å². The molecule has 0 aliphatic carbocycles. The Kier molecular flexibility index (Phi) is 4.42. The van der Waals surface area contributed by atoms with Gasteiger partial charge in [0.05, 0.1) is 37.7 Å². The molecule has 6 nitrogen and oxygen atoms in total. The predicted octanol–water partition coefficient (Wildman–Crippen LogP) is 1.56. The zero-order valence-corrected chi connectivity index (χ0v) is 12.3. The molecule has 0 radical (unpaired) electrons. The van der Waals surface area contributed by atoms with Crippen molar-refractivity contribution in [3.63, 3.8) is 0 Å². The first kappa shape index (κ1) is 14.0. The van der Waals surface area contributed by atoms with Crippen LogP contribution in [0.3, 0.4) is 0 Å². The van der Waals surface area contributed by atoms with Crippen LogP contribution in [0.1, 0.15) is 5.56 Å². The molecule has 2 aromatic rings. The van der Waals surface area contributed by atoms with Gasteiger partial charge in [-0.1, -0.05) is 0 Å². The van der Waals surface area contributed by atoms with E-state index in [-0.39, 0.29) is 5.91 Å². The number of nitrogens with zero attached hydrogens (tertiary/aromatic N) is 3. The largest absolute Gasteiger partial charge is 0.378 e. The fourth-order valence-corrected chi connectivity index (χ4v) is 2.76. The Balaban J connectivity index is 1.57. The highest BCUT2D eigenvalue weighted by molar-refractivity contribution is 7.08. The van der Waals surface area contributed by atoms with Gasteiger partial charge in [0.2, 0.25) is 11.9 Å². The Morgan fingerprint density at radius 3 is 2.76 bits per heavy atom. The molecule has 3 rings (SSSR count). The van der Waals surface area contributed by atoms with Crippen LogP contribution in [0.2, 0.25) is 0 Å². The van der Waals surface area contributed by atoms with E-state index < -0.39 is 0 Å². The van der Waals surface area contributed by atoms with Crippen molar-refractivity contribution in [1.82, 2.24) is 9.97 Å². The van der Waals surface area contributed by atoms with Gasteiger partial charge in [-0.05, 0) is 22.4 Å². The zero-order chi connectivity index (χ0) is 14.5. The minimum atomic E-state index is -0.0591. The third-order valence-electron chi connectivity index (χ3n) is 3.16. The van der Waals surface area contributed by atoms with Gasteiger partial charge >= 0.3 is 0 Å². The molecule has 0 bridgehead atoms. The smallest absolute Gasteiger partial charge is 0.228 e. The number of hydrogen-bond acceptors (Lipinski definition) is 6. The summed E-state index contributed by atoms with van der Waals surface area (Å²) in [5.41, 5.74) is 1.63. The number of carbonyl (C=O) groups is 1. The van der Waals surface area contributed by atoms with Crippen molar-refractivity contribution in [2.45, 2.75) is 6.42 Å². The number of nitrogens with one attached hydrogen (secondary N) is 1. The van der Waals surface area contributed by atoms with E-state index in [0.717, 1.165) is 18.7 Å². The van der Waals surface area contributed by atoms with Crippen LogP contribution in [0, 0.1) is 0 Å². The van der Waals surface area contributed by atoms with Crippen molar-refractivity contribution in [3.8, 4) is 0 Å². The van der Waals surface area contributed by atoms with E-state index in [2.05, 4.69) is 20.2 Å².